The lowest BCUT2D eigenvalue weighted by Gasteiger charge is -1.85. The van der Waals surface area contributed by atoms with Crippen molar-refractivity contribution in [3.05, 3.63) is 21.0 Å². The van der Waals surface area contributed by atoms with Gasteiger partial charge in [-0.1, -0.05) is 11.8 Å². The molecule has 0 amide bonds. The van der Waals surface area contributed by atoms with E-state index in [0.717, 1.165) is 4.52 Å². The zero-order valence-corrected chi connectivity index (χ0v) is 7.38. The number of aromatic amines is 2. The molecular weight excluding hydrogens is 194 g/mol. The van der Waals surface area contributed by atoms with Crippen molar-refractivity contribution in [1.29, 1.82) is 0 Å². The van der Waals surface area contributed by atoms with Crippen LogP contribution < -0.4 is 11.4 Å². The normalized spacial score (nSPS) is 10.8. The summed E-state index contributed by atoms with van der Waals surface area (Å²) in [5, 5.41) is 4.26. The number of hydrogen-bond acceptors (Lipinski definition) is 5. The smallest absolute Gasteiger partial charge is 0.276 e. The van der Waals surface area contributed by atoms with Gasteiger partial charge in [0.05, 0.1) is 0 Å². The van der Waals surface area contributed by atoms with Crippen LogP contribution in [0.2, 0.25) is 0 Å². The molecule has 0 aromatic carbocycles. The predicted octanol–water partition coefficient (Wildman–Crippen LogP) is -1.17. The SMILES string of the molecule is CSc1nc2[nH]c(=O)[nH]c(=O)n2n1. The van der Waals surface area contributed by atoms with E-state index in [0.29, 0.717) is 5.16 Å². The van der Waals surface area contributed by atoms with E-state index in [1.807, 2.05) is 4.98 Å². The molecule has 7 nitrogen and oxygen atoms in total. The molecule has 2 heterocycles. The number of nitrogens with one attached hydrogen (secondary N) is 2. The quantitative estimate of drug-likeness (QED) is 0.564. The highest BCUT2D eigenvalue weighted by Gasteiger charge is 2.05. The maximum Gasteiger partial charge on any atom is 0.353 e. The van der Waals surface area contributed by atoms with Crippen molar-refractivity contribution in [2.45, 2.75) is 5.16 Å². The fraction of sp³-hybridized carbons (Fsp3) is 0.200. The molecule has 2 N–H and O–H groups in total. The summed E-state index contributed by atoms with van der Waals surface area (Å²) >= 11 is 1.29. The standard InChI is InChI=1S/C5H5N5O2S/c1-13-4-7-2-6-3(11)8-5(12)10(2)9-4/h1H3,(H2,6,7,8,9,11,12). The highest BCUT2D eigenvalue weighted by atomic mass is 32.2. The number of thioether (sulfide) groups is 1. The largest absolute Gasteiger partial charge is 0.353 e. The van der Waals surface area contributed by atoms with Crippen molar-refractivity contribution in [1.82, 2.24) is 24.6 Å². The number of hydrogen-bond donors (Lipinski definition) is 2. The number of H-pyrrole nitrogens is 2. The molecule has 2 aromatic rings. The number of aromatic nitrogens is 5. The molecule has 13 heavy (non-hydrogen) atoms. The fourth-order valence-corrected chi connectivity index (χ4v) is 1.23. The van der Waals surface area contributed by atoms with Gasteiger partial charge >= 0.3 is 11.4 Å². The average Bonchev–Trinajstić information content (AvgIpc) is 2.47. The van der Waals surface area contributed by atoms with Gasteiger partial charge in [0.25, 0.3) is 0 Å². The van der Waals surface area contributed by atoms with Gasteiger partial charge in [-0.25, -0.2) is 9.59 Å². The van der Waals surface area contributed by atoms with Crippen molar-refractivity contribution in [2.75, 3.05) is 6.26 Å². The van der Waals surface area contributed by atoms with E-state index in [4.69, 9.17) is 0 Å². The van der Waals surface area contributed by atoms with Crippen LogP contribution in [0.25, 0.3) is 5.78 Å². The molecule has 68 valence electrons. The molecule has 8 heteroatoms. The molecule has 0 spiro atoms. The van der Waals surface area contributed by atoms with Crippen LogP contribution in [0.3, 0.4) is 0 Å². The van der Waals surface area contributed by atoms with Gasteiger partial charge in [-0.2, -0.15) is 4.98 Å². The van der Waals surface area contributed by atoms with Crippen LogP contribution in [0, 0.1) is 0 Å². The van der Waals surface area contributed by atoms with E-state index in [1.54, 1.807) is 6.26 Å². The van der Waals surface area contributed by atoms with E-state index in [-0.39, 0.29) is 5.78 Å². The van der Waals surface area contributed by atoms with Crippen LogP contribution in [-0.2, 0) is 0 Å². The zero-order chi connectivity index (χ0) is 9.42. The minimum atomic E-state index is -0.591. The van der Waals surface area contributed by atoms with E-state index < -0.39 is 11.4 Å². The molecule has 0 fully saturated rings. The second kappa shape index (κ2) is 2.73. The minimum Gasteiger partial charge on any atom is -0.276 e. The summed E-state index contributed by atoms with van der Waals surface area (Å²) in [7, 11) is 0. The lowest BCUT2D eigenvalue weighted by atomic mass is 11.0. The van der Waals surface area contributed by atoms with Crippen molar-refractivity contribution in [2.24, 2.45) is 0 Å². The Morgan fingerprint density at radius 1 is 1.38 bits per heavy atom. The van der Waals surface area contributed by atoms with Gasteiger partial charge in [-0.3, -0.25) is 9.97 Å². The third-order valence-electron chi connectivity index (χ3n) is 1.41. The summed E-state index contributed by atoms with van der Waals surface area (Å²) in [5.74, 6) is 0.151. The summed E-state index contributed by atoms with van der Waals surface area (Å²) in [4.78, 5) is 30.2. The molecule has 0 radical (unpaired) electrons. The first-order valence-corrected chi connectivity index (χ1v) is 4.56. The van der Waals surface area contributed by atoms with Gasteiger partial charge in [-0.15, -0.1) is 9.61 Å². The Labute approximate surface area is 75.2 Å². The molecule has 0 unspecified atom stereocenters. The second-order valence-electron chi connectivity index (χ2n) is 2.22. The Hall–Kier alpha value is -1.57. The lowest BCUT2D eigenvalue weighted by Crippen LogP contribution is -2.28. The molecule has 0 aliphatic rings. The topological polar surface area (TPSA) is 95.9 Å². The zero-order valence-electron chi connectivity index (χ0n) is 6.57. The maximum absolute atomic E-state index is 11.1. The first-order chi connectivity index (χ1) is 6.20. The summed E-state index contributed by atoms with van der Waals surface area (Å²) < 4.78 is 1.01. The van der Waals surface area contributed by atoms with Crippen LogP contribution in [0.5, 0.6) is 0 Å². The summed E-state index contributed by atoms with van der Waals surface area (Å²) in [5.41, 5.74) is -1.18. The van der Waals surface area contributed by atoms with E-state index in [2.05, 4.69) is 15.1 Å². The lowest BCUT2D eigenvalue weighted by molar-refractivity contribution is 0.795. The van der Waals surface area contributed by atoms with Crippen molar-refractivity contribution in [3.8, 4) is 0 Å². The third-order valence-corrected chi connectivity index (χ3v) is 1.95. The van der Waals surface area contributed by atoms with Crippen molar-refractivity contribution < 1.29 is 0 Å². The molecule has 0 aliphatic heterocycles. The van der Waals surface area contributed by atoms with E-state index in [1.165, 1.54) is 11.8 Å². The van der Waals surface area contributed by atoms with Gasteiger partial charge in [-0.05, 0) is 6.26 Å². The van der Waals surface area contributed by atoms with Gasteiger partial charge in [0.2, 0.25) is 10.9 Å². The predicted molar refractivity (Wildman–Crippen MR) is 46.0 cm³/mol. The number of nitrogens with zero attached hydrogens (tertiary/aromatic N) is 3. The van der Waals surface area contributed by atoms with Crippen molar-refractivity contribution >= 4 is 17.5 Å². The third kappa shape index (κ3) is 1.24. The van der Waals surface area contributed by atoms with Crippen LogP contribution in [-0.4, -0.2) is 30.8 Å². The van der Waals surface area contributed by atoms with Gasteiger partial charge in [0.15, 0.2) is 0 Å². The molecule has 2 rings (SSSR count). The molecule has 0 saturated heterocycles. The molecule has 0 aliphatic carbocycles. The van der Waals surface area contributed by atoms with Gasteiger partial charge in [0.1, 0.15) is 0 Å². The van der Waals surface area contributed by atoms with Gasteiger partial charge < -0.3 is 0 Å². The Bertz CT molecular complexity index is 552. The second-order valence-corrected chi connectivity index (χ2v) is 2.99. The minimum absolute atomic E-state index is 0.151. The molecular formula is C5H5N5O2S. The molecule has 0 atom stereocenters. The Balaban J connectivity index is 2.91. The van der Waals surface area contributed by atoms with E-state index >= 15 is 0 Å². The first-order valence-electron chi connectivity index (χ1n) is 3.34. The molecule has 0 bridgehead atoms. The molecule has 2 aromatic heterocycles. The summed E-state index contributed by atoms with van der Waals surface area (Å²) in [6.07, 6.45) is 1.78. The Morgan fingerprint density at radius 3 is 2.85 bits per heavy atom. The van der Waals surface area contributed by atoms with Crippen molar-refractivity contribution in [3.63, 3.8) is 0 Å². The number of rotatable bonds is 1. The fourth-order valence-electron chi connectivity index (χ4n) is 0.885. The van der Waals surface area contributed by atoms with Gasteiger partial charge in [0, 0.05) is 0 Å². The van der Waals surface area contributed by atoms with Crippen LogP contribution in [0.15, 0.2) is 14.7 Å². The summed E-state index contributed by atoms with van der Waals surface area (Å²) in [6.45, 7) is 0. The van der Waals surface area contributed by atoms with E-state index in [9.17, 15) is 9.59 Å². The maximum atomic E-state index is 11.1. The first kappa shape index (κ1) is 8.05. The van der Waals surface area contributed by atoms with Crippen LogP contribution in [0.1, 0.15) is 0 Å². The Morgan fingerprint density at radius 2 is 2.15 bits per heavy atom. The summed E-state index contributed by atoms with van der Waals surface area (Å²) in [6, 6.07) is 0. The van der Waals surface area contributed by atoms with Crippen LogP contribution in [0.4, 0.5) is 0 Å². The molecule has 0 saturated carbocycles. The van der Waals surface area contributed by atoms with Crippen LogP contribution >= 0.6 is 11.8 Å². The Kier molecular flexibility index (Phi) is 1.69. The highest BCUT2D eigenvalue weighted by Crippen LogP contribution is 2.06. The average molecular weight is 199 g/mol. The highest BCUT2D eigenvalue weighted by molar-refractivity contribution is 7.98. The monoisotopic (exact) mass is 199 g/mol. The number of fused-ring (bicyclic) bond motifs is 1.